The van der Waals surface area contributed by atoms with Crippen LogP contribution in [0.15, 0.2) is 23.1 Å². The molecule has 1 aromatic rings. The Bertz CT molecular complexity index is 647. The fraction of sp³-hybridized carbons (Fsp3) is 0.500. The normalized spacial score (nSPS) is 15.1. The van der Waals surface area contributed by atoms with E-state index in [9.17, 15) is 8.42 Å². The van der Waals surface area contributed by atoms with Gasteiger partial charge in [0.15, 0.2) is 0 Å². The van der Waals surface area contributed by atoms with E-state index >= 15 is 0 Å². The monoisotopic (exact) mass is 308 g/mol. The van der Waals surface area contributed by atoms with Crippen molar-refractivity contribution >= 4 is 15.7 Å². The Morgan fingerprint density at radius 3 is 2.71 bits per heavy atom. The summed E-state index contributed by atoms with van der Waals surface area (Å²) in [4.78, 5) is 2.29. The number of anilines is 1. The first-order chi connectivity index (χ1) is 9.97. The molecule has 0 heterocycles. The predicted octanol–water partition coefficient (Wildman–Crippen LogP) is 0.903. The molecule has 1 fully saturated rings. The molecule has 1 aromatic carbocycles. The summed E-state index contributed by atoms with van der Waals surface area (Å²) in [5.74, 6) is 0. The van der Waals surface area contributed by atoms with Crippen LogP contribution < -0.4 is 10.5 Å². The molecule has 6 nitrogen and oxygen atoms in total. The lowest BCUT2D eigenvalue weighted by Crippen LogP contribution is -2.36. The largest absolute Gasteiger partial charge is 0.398 e. The standard InChI is InChI=1S/C14H20N4O2S/c1-2-18(12-4-5-12)8-7-17-21(19,20)14-6-3-11(10-15)9-13(14)16/h3,6,9,12,17H,2,4-5,7-8,16H2,1H3. The predicted molar refractivity (Wildman–Crippen MR) is 81.0 cm³/mol. The van der Waals surface area contributed by atoms with Gasteiger partial charge in [-0.05, 0) is 37.6 Å². The summed E-state index contributed by atoms with van der Waals surface area (Å²) < 4.78 is 27.0. The number of benzene rings is 1. The fourth-order valence-corrected chi connectivity index (χ4v) is 3.43. The number of rotatable bonds is 7. The molecule has 2 rings (SSSR count). The Kier molecular flexibility index (Phi) is 4.83. The first-order valence-corrected chi connectivity index (χ1v) is 8.49. The van der Waals surface area contributed by atoms with E-state index in [0.29, 0.717) is 24.7 Å². The van der Waals surface area contributed by atoms with E-state index in [0.717, 1.165) is 6.54 Å². The molecular weight excluding hydrogens is 288 g/mol. The van der Waals surface area contributed by atoms with E-state index in [4.69, 9.17) is 11.0 Å². The second kappa shape index (κ2) is 6.43. The average Bonchev–Trinajstić information content (AvgIpc) is 3.27. The Morgan fingerprint density at radius 1 is 1.48 bits per heavy atom. The topological polar surface area (TPSA) is 99.2 Å². The summed E-state index contributed by atoms with van der Waals surface area (Å²) >= 11 is 0. The molecule has 0 aliphatic heterocycles. The van der Waals surface area contributed by atoms with Gasteiger partial charge >= 0.3 is 0 Å². The number of hydrogen-bond donors (Lipinski definition) is 2. The lowest BCUT2D eigenvalue weighted by Gasteiger charge is -2.19. The minimum Gasteiger partial charge on any atom is -0.398 e. The van der Waals surface area contributed by atoms with Crippen molar-refractivity contribution in [3.05, 3.63) is 23.8 Å². The zero-order valence-electron chi connectivity index (χ0n) is 12.0. The SMILES string of the molecule is CCN(CCNS(=O)(=O)c1ccc(C#N)cc1N)C1CC1. The number of nitrogens with one attached hydrogen (secondary N) is 1. The van der Waals surface area contributed by atoms with E-state index in [1.165, 1.54) is 31.0 Å². The fourth-order valence-electron chi connectivity index (χ4n) is 2.30. The van der Waals surface area contributed by atoms with Crippen molar-refractivity contribution in [2.75, 3.05) is 25.4 Å². The van der Waals surface area contributed by atoms with E-state index in [1.807, 2.05) is 6.07 Å². The molecule has 0 spiro atoms. The molecule has 0 radical (unpaired) electrons. The lowest BCUT2D eigenvalue weighted by atomic mass is 10.2. The highest BCUT2D eigenvalue weighted by atomic mass is 32.2. The molecule has 1 saturated carbocycles. The van der Waals surface area contributed by atoms with Crippen LogP contribution in [0, 0.1) is 11.3 Å². The molecule has 0 saturated heterocycles. The number of nitrogens with zero attached hydrogens (tertiary/aromatic N) is 2. The Balaban J connectivity index is 1.99. The van der Waals surface area contributed by atoms with Crippen molar-refractivity contribution in [3.8, 4) is 6.07 Å². The number of nitrogens with two attached hydrogens (primary N) is 1. The summed E-state index contributed by atoms with van der Waals surface area (Å²) in [7, 11) is -3.64. The van der Waals surface area contributed by atoms with Gasteiger partial charge in [-0.25, -0.2) is 13.1 Å². The molecule has 0 amide bonds. The summed E-state index contributed by atoms with van der Waals surface area (Å²) in [5, 5.41) is 8.77. The van der Waals surface area contributed by atoms with Crippen molar-refractivity contribution in [1.82, 2.24) is 9.62 Å². The minimum absolute atomic E-state index is 0.0240. The Morgan fingerprint density at radius 2 is 2.19 bits per heavy atom. The summed E-state index contributed by atoms with van der Waals surface area (Å²) in [6.45, 7) is 4.04. The first-order valence-electron chi connectivity index (χ1n) is 7.01. The molecule has 114 valence electrons. The Hall–Kier alpha value is -1.62. The third-order valence-electron chi connectivity index (χ3n) is 3.59. The second-order valence-electron chi connectivity index (χ2n) is 5.12. The smallest absolute Gasteiger partial charge is 0.242 e. The summed E-state index contributed by atoms with van der Waals surface area (Å²) in [6, 6.07) is 6.73. The van der Waals surface area contributed by atoms with Crippen molar-refractivity contribution in [2.24, 2.45) is 0 Å². The van der Waals surface area contributed by atoms with Gasteiger partial charge < -0.3 is 5.73 Å². The molecular formula is C14H20N4O2S. The van der Waals surface area contributed by atoms with Crippen molar-refractivity contribution in [2.45, 2.75) is 30.7 Å². The first kappa shape index (κ1) is 15.8. The minimum atomic E-state index is -3.64. The van der Waals surface area contributed by atoms with Gasteiger partial charge in [-0.15, -0.1) is 0 Å². The average molecular weight is 308 g/mol. The van der Waals surface area contributed by atoms with Crippen LogP contribution in [0.4, 0.5) is 5.69 Å². The van der Waals surface area contributed by atoms with Crippen molar-refractivity contribution < 1.29 is 8.42 Å². The molecule has 21 heavy (non-hydrogen) atoms. The van der Waals surface area contributed by atoms with Crippen LogP contribution in [-0.4, -0.2) is 39.0 Å². The summed E-state index contributed by atoms with van der Waals surface area (Å²) in [6.07, 6.45) is 2.40. The molecule has 7 heteroatoms. The molecule has 0 atom stereocenters. The van der Waals surface area contributed by atoms with Crippen LogP contribution in [0.2, 0.25) is 0 Å². The number of nitriles is 1. The zero-order valence-corrected chi connectivity index (χ0v) is 12.9. The van der Waals surface area contributed by atoms with Gasteiger partial charge in [0, 0.05) is 19.1 Å². The lowest BCUT2D eigenvalue weighted by molar-refractivity contribution is 0.282. The number of likely N-dealkylation sites (N-methyl/N-ethyl adjacent to an activating group) is 1. The van der Waals surface area contributed by atoms with Crippen molar-refractivity contribution in [1.29, 1.82) is 5.26 Å². The molecule has 1 aliphatic rings. The zero-order chi connectivity index (χ0) is 15.5. The van der Waals surface area contributed by atoms with Crippen molar-refractivity contribution in [3.63, 3.8) is 0 Å². The molecule has 3 N–H and O–H groups in total. The van der Waals surface area contributed by atoms with Gasteiger partial charge in [0.05, 0.1) is 17.3 Å². The Labute approximate surface area is 125 Å². The quantitative estimate of drug-likeness (QED) is 0.729. The molecule has 1 aliphatic carbocycles. The van der Waals surface area contributed by atoms with E-state index in [-0.39, 0.29) is 10.6 Å². The number of nitrogen functional groups attached to an aromatic ring is 1. The maximum Gasteiger partial charge on any atom is 0.242 e. The van der Waals surface area contributed by atoms with Crippen LogP contribution in [0.5, 0.6) is 0 Å². The van der Waals surface area contributed by atoms with Crippen LogP contribution in [0.1, 0.15) is 25.3 Å². The maximum absolute atomic E-state index is 12.2. The van der Waals surface area contributed by atoms with Crippen LogP contribution in [0.3, 0.4) is 0 Å². The van der Waals surface area contributed by atoms with E-state index < -0.39 is 10.0 Å². The van der Waals surface area contributed by atoms with Gasteiger partial charge in [0.25, 0.3) is 0 Å². The van der Waals surface area contributed by atoms with Gasteiger partial charge in [0.2, 0.25) is 10.0 Å². The van der Waals surface area contributed by atoms with Crippen LogP contribution in [0.25, 0.3) is 0 Å². The maximum atomic E-state index is 12.2. The highest BCUT2D eigenvalue weighted by Crippen LogP contribution is 2.26. The van der Waals surface area contributed by atoms with Crippen LogP contribution in [-0.2, 0) is 10.0 Å². The number of sulfonamides is 1. The van der Waals surface area contributed by atoms with Gasteiger partial charge in [-0.1, -0.05) is 6.92 Å². The second-order valence-corrected chi connectivity index (χ2v) is 6.86. The number of hydrogen-bond acceptors (Lipinski definition) is 5. The third-order valence-corrected chi connectivity index (χ3v) is 5.12. The van der Waals surface area contributed by atoms with E-state index in [2.05, 4.69) is 16.5 Å². The highest BCUT2D eigenvalue weighted by molar-refractivity contribution is 7.89. The molecule has 0 aromatic heterocycles. The van der Waals surface area contributed by atoms with E-state index in [1.54, 1.807) is 0 Å². The van der Waals surface area contributed by atoms with Gasteiger partial charge in [-0.3, -0.25) is 4.90 Å². The third kappa shape index (κ3) is 3.94. The highest BCUT2D eigenvalue weighted by Gasteiger charge is 2.27. The van der Waals surface area contributed by atoms with Gasteiger partial charge in [-0.2, -0.15) is 5.26 Å². The van der Waals surface area contributed by atoms with Gasteiger partial charge in [0.1, 0.15) is 4.90 Å². The molecule has 0 bridgehead atoms. The molecule has 0 unspecified atom stereocenters. The van der Waals surface area contributed by atoms with Crippen LogP contribution >= 0.6 is 0 Å². The summed E-state index contributed by atoms with van der Waals surface area (Å²) in [5.41, 5.74) is 6.16.